The van der Waals surface area contributed by atoms with E-state index in [0.29, 0.717) is 18.7 Å². The molecule has 3 atom stereocenters. The number of β-lactam (4-membered cyclic amide) rings is 1. The first-order valence-corrected chi connectivity index (χ1v) is 11.7. The van der Waals surface area contributed by atoms with Gasteiger partial charge in [-0.05, 0) is 37.4 Å². The van der Waals surface area contributed by atoms with Crippen LogP contribution in [0.25, 0.3) is 0 Å². The van der Waals surface area contributed by atoms with Crippen molar-refractivity contribution in [2.45, 2.75) is 53.3 Å². The first-order valence-electron chi connectivity index (χ1n) is 8.96. The summed E-state index contributed by atoms with van der Waals surface area (Å²) in [5.74, 6) is -0.0737. The average molecular weight is 366 g/mol. The minimum absolute atomic E-state index is 0.0227. The van der Waals surface area contributed by atoms with E-state index in [1.54, 1.807) is 10.7 Å². The number of carbonyl (C=O) groups excluding carboxylic acids is 2. The molecule has 0 unspecified atom stereocenters. The lowest BCUT2D eigenvalue weighted by molar-refractivity contribution is -0.141. The molecule has 0 bridgehead atoms. The topological polar surface area (TPSA) is 73.2 Å². The number of nitrogens with zero attached hydrogens (tertiary/aromatic N) is 2. The number of aromatic nitrogens is 2. The lowest BCUT2D eigenvalue weighted by Gasteiger charge is -2.46. The molecule has 1 fully saturated rings. The van der Waals surface area contributed by atoms with Crippen molar-refractivity contribution in [2.75, 3.05) is 6.61 Å². The summed E-state index contributed by atoms with van der Waals surface area (Å²) in [6.45, 7) is 13.2. The zero-order valence-electron chi connectivity index (χ0n) is 16.4. The van der Waals surface area contributed by atoms with Gasteiger partial charge in [0, 0.05) is 31.8 Å². The summed E-state index contributed by atoms with van der Waals surface area (Å²) in [5, 5.41) is 7.17. The van der Waals surface area contributed by atoms with Gasteiger partial charge in [-0.3, -0.25) is 14.3 Å². The first-order chi connectivity index (χ1) is 11.5. The first kappa shape index (κ1) is 19.8. The molecule has 0 radical (unpaired) electrons. The lowest BCUT2D eigenvalue weighted by Crippen LogP contribution is -2.63. The van der Waals surface area contributed by atoms with Gasteiger partial charge in [-0.2, -0.15) is 5.10 Å². The van der Waals surface area contributed by atoms with Gasteiger partial charge in [0.15, 0.2) is 14.8 Å². The molecule has 1 aromatic rings. The number of amides is 1. The van der Waals surface area contributed by atoms with Crippen LogP contribution in [-0.4, -0.2) is 43.2 Å². The number of ketones is 1. The summed E-state index contributed by atoms with van der Waals surface area (Å²) in [5.41, 5.74) is 1.35. The quantitative estimate of drug-likeness (QED) is 0.456. The van der Waals surface area contributed by atoms with Crippen LogP contribution in [0.15, 0.2) is 6.07 Å². The molecule has 1 N–H and O–H groups in total. The maximum absolute atomic E-state index is 12.6. The molecule has 1 aromatic heterocycles. The van der Waals surface area contributed by atoms with Gasteiger partial charge in [-0.15, -0.1) is 0 Å². The summed E-state index contributed by atoms with van der Waals surface area (Å²) >= 11 is 0. The third-order valence-electron chi connectivity index (χ3n) is 5.02. The summed E-state index contributed by atoms with van der Waals surface area (Å²) < 4.78 is 7.65. The van der Waals surface area contributed by atoms with Crippen LogP contribution in [0.3, 0.4) is 0 Å². The summed E-state index contributed by atoms with van der Waals surface area (Å²) in [6.07, 6.45) is 0.290. The Morgan fingerprint density at radius 1 is 1.44 bits per heavy atom. The van der Waals surface area contributed by atoms with Crippen molar-refractivity contribution in [3.05, 3.63) is 17.5 Å². The van der Waals surface area contributed by atoms with E-state index in [1.165, 1.54) is 0 Å². The van der Waals surface area contributed by atoms with Crippen molar-refractivity contribution in [2.24, 2.45) is 24.3 Å². The van der Waals surface area contributed by atoms with E-state index in [0.717, 1.165) is 5.69 Å². The van der Waals surface area contributed by atoms with Crippen molar-refractivity contribution in [1.82, 2.24) is 15.1 Å². The van der Waals surface area contributed by atoms with Crippen LogP contribution in [0, 0.1) is 24.2 Å². The van der Waals surface area contributed by atoms with Gasteiger partial charge in [0.05, 0.1) is 5.92 Å². The van der Waals surface area contributed by atoms with Gasteiger partial charge < -0.3 is 9.74 Å². The van der Waals surface area contributed by atoms with Gasteiger partial charge in [-0.25, -0.2) is 0 Å². The van der Waals surface area contributed by atoms with Gasteiger partial charge >= 0.3 is 0 Å². The highest BCUT2D eigenvalue weighted by molar-refractivity contribution is 6.48. The molecule has 0 spiro atoms. The minimum Gasteiger partial charge on any atom is -0.420 e. The normalized spacial score (nSPS) is 21.8. The molecular weight excluding hydrogens is 334 g/mol. The Morgan fingerprint density at radius 2 is 2.08 bits per heavy atom. The van der Waals surface area contributed by atoms with E-state index < -0.39 is 9.04 Å². The maximum Gasteiger partial charge on any atom is 0.225 e. The van der Waals surface area contributed by atoms with Gasteiger partial charge in [0.2, 0.25) is 5.91 Å². The molecule has 1 amide bonds. The standard InChI is InChI=1S/C18H31N3O3Si/c1-11-8-13(20-21(11)5)15(22)9-14-16(17(23)19-14)12(18(2,3)4)10-24-25(6)7/h8,12,14,16,25H,9-10H2,1-7H3,(H,19,23)/t12-,14-,16+/m1/s1. The lowest BCUT2D eigenvalue weighted by atomic mass is 9.66. The molecule has 25 heavy (non-hydrogen) atoms. The van der Waals surface area contributed by atoms with E-state index in [-0.39, 0.29) is 35.0 Å². The Morgan fingerprint density at radius 3 is 2.52 bits per heavy atom. The second kappa shape index (κ2) is 7.41. The molecule has 1 aliphatic rings. The Bertz CT molecular complexity index is 629. The number of carbonyl (C=O) groups is 2. The van der Waals surface area contributed by atoms with Crippen LogP contribution in [0.2, 0.25) is 13.1 Å². The number of hydrogen-bond donors (Lipinski definition) is 1. The highest BCUT2D eigenvalue weighted by Gasteiger charge is 2.49. The second-order valence-corrected chi connectivity index (χ2v) is 10.8. The van der Waals surface area contributed by atoms with Crippen LogP contribution in [-0.2, 0) is 16.3 Å². The molecular formula is C18H31N3O3Si. The molecule has 1 aliphatic heterocycles. The summed E-state index contributed by atoms with van der Waals surface area (Å²) in [4.78, 5) is 24.8. The van der Waals surface area contributed by atoms with Crippen LogP contribution in [0.1, 0.15) is 43.4 Å². The Kier molecular flexibility index (Phi) is 5.88. The van der Waals surface area contributed by atoms with E-state index in [9.17, 15) is 9.59 Å². The van der Waals surface area contributed by atoms with Crippen LogP contribution >= 0.6 is 0 Å². The SMILES string of the molecule is Cc1cc(C(=O)C[C@H]2NC(=O)[C@H]2[C@@H](CO[SiH](C)C)C(C)(C)C)nn1C. The Labute approximate surface area is 152 Å². The Balaban J connectivity index is 2.10. The van der Waals surface area contributed by atoms with Crippen LogP contribution in [0.5, 0.6) is 0 Å². The zero-order chi connectivity index (χ0) is 18.9. The predicted molar refractivity (Wildman–Crippen MR) is 100 cm³/mol. The monoisotopic (exact) mass is 365 g/mol. The number of aryl methyl sites for hydroxylation is 2. The molecule has 0 saturated carbocycles. The van der Waals surface area contributed by atoms with Crippen LogP contribution in [0.4, 0.5) is 0 Å². The van der Waals surface area contributed by atoms with Gasteiger partial charge in [0.25, 0.3) is 0 Å². The fourth-order valence-corrected chi connectivity index (χ4v) is 3.88. The molecule has 0 aromatic carbocycles. The average Bonchev–Trinajstić information content (AvgIpc) is 2.81. The molecule has 1 saturated heterocycles. The van der Waals surface area contributed by atoms with E-state index in [4.69, 9.17) is 4.43 Å². The van der Waals surface area contributed by atoms with Crippen molar-refractivity contribution in [3.8, 4) is 0 Å². The van der Waals surface area contributed by atoms with E-state index >= 15 is 0 Å². The third kappa shape index (κ3) is 4.58. The van der Waals surface area contributed by atoms with Crippen molar-refractivity contribution < 1.29 is 14.0 Å². The molecule has 2 rings (SSSR count). The molecule has 7 heteroatoms. The fourth-order valence-electron chi connectivity index (χ4n) is 3.29. The second-order valence-electron chi connectivity index (χ2n) is 8.42. The number of nitrogens with one attached hydrogen (secondary N) is 1. The molecule has 6 nitrogen and oxygen atoms in total. The molecule has 2 heterocycles. The van der Waals surface area contributed by atoms with Crippen molar-refractivity contribution >= 4 is 20.7 Å². The summed E-state index contributed by atoms with van der Waals surface area (Å²) in [6, 6.07) is 1.66. The number of hydrogen-bond acceptors (Lipinski definition) is 4. The third-order valence-corrected chi connectivity index (χ3v) is 5.88. The Hall–Kier alpha value is -1.47. The maximum atomic E-state index is 12.6. The largest absolute Gasteiger partial charge is 0.420 e. The minimum atomic E-state index is -1.16. The smallest absolute Gasteiger partial charge is 0.225 e. The van der Waals surface area contributed by atoms with Crippen molar-refractivity contribution in [1.29, 1.82) is 0 Å². The molecule has 140 valence electrons. The number of Topliss-reactive ketones (excluding diaryl/α,β-unsaturated/α-hetero) is 1. The van der Waals surface area contributed by atoms with Gasteiger partial charge in [-0.1, -0.05) is 20.8 Å². The zero-order valence-corrected chi connectivity index (χ0v) is 17.6. The van der Waals surface area contributed by atoms with Crippen molar-refractivity contribution in [3.63, 3.8) is 0 Å². The highest BCUT2D eigenvalue weighted by Crippen LogP contribution is 2.39. The van der Waals surface area contributed by atoms with Gasteiger partial charge in [0.1, 0.15) is 5.69 Å². The molecule has 0 aliphatic carbocycles. The highest BCUT2D eigenvalue weighted by atomic mass is 28.3. The predicted octanol–water partition coefficient (Wildman–Crippen LogP) is 2.08. The fraction of sp³-hybridized carbons (Fsp3) is 0.722. The number of rotatable bonds is 7. The summed E-state index contributed by atoms with van der Waals surface area (Å²) in [7, 11) is 0.663. The van der Waals surface area contributed by atoms with E-state index in [1.807, 2.05) is 14.0 Å². The van der Waals surface area contributed by atoms with E-state index in [2.05, 4.69) is 44.3 Å². The van der Waals surface area contributed by atoms with Crippen LogP contribution < -0.4 is 5.32 Å².